The minimum Gasteiger partial charge on any atom is -0.237 e. The molecule has 88 valence electrons. The van der Waals surface area contributed by atoms with Gasteiger partial charge in [0.1, 0.15) is 5.01 Å². The molecule has 18 heavy (non-hydrogen) atoms. The number of aryl methyl sites for hydroxylation is 1. The summed E-state index contributed by atoms with van der Waals surface area (Å²) in [7, 11) is 0. The minimum atomic E-state index is 1.05. The van der Waals surface area contributed by atoms with Gasteiger partial charge in [-0.1, -0.05) is 48.0 Å². The second kappa shape index (κ2) is 4.75. The Morgan fingerprint density at radius 1 is 0.944 bits per heavy atom. The van der Waals surface area contributed by atoms with Gasteiger partial charge in [-0.15, -0.1) is 11.3 Å². The summed E-state index contributed by atoms with van der Waals surface area (Å²) >= 11 is 1.72. The third kappa shape index (κ3) is 2.34. The molecule has 0 spiro atoms. The van der Waals surface area contributed by atoms with Crippen LogP contribution in [0.25, 0.3) is 22.4 Å². The van der Waals surface area contributed by atoms with Crippen LogP contribution in [0.1, 0.15) is 16.1 Å². The summed E-state index contributed by atoms with van der Waals surface area (Å²) in [6, 6.07) is 16.7. The van der Waals surface area contributed by atoms with Crippen molar-refractivity contribution in [2.45, 2.75) is 6.92 Å². The zero-order valence-electron chi connectivity index (χ0n) is 10.1. The first-order chi connectivity index (χ1) is 8.81. The van der Waals surface area contributed by atoms with Gasteiger partial charge in [-0.3, -0.25) is 0 Å². The van der Waals surface area contributed by atoms with Crippen LogP contribution in [0.4, 0.5) is 0 Å². The van der Waals surface area contributed by atoms with Crippen LogP contribution in [-0.2, 0) is 0 Å². The Bertz CT molecular complexity index is 659. The maximum atomic E-state index is 4.58. The molecule has 3 rings (SSSR count). The maximum Gasteiger partial charge on any atom is 0.117 e. The van der Waals surface area contributed by atoms with E-state index < -0.39 is 0 Å². The number of hydrogen-bond acceptors (Lipinski definition) is 2. The number of nitrogens with zero attached hydrogens (tertiary/aromatic N) is 1. The zero-order valence-corrected chi connectivity index (χ0v) is 10.9. The van der Waals surface area contributed by atoms with Crippen molar-refractivity contribution in [2.24, 2.45) is 0 Å². The number of benzene rings is 2. The highest BCUT2D eigenvalue weighted by molar-refractivity contribution is 7.19. The fourth-order valence-electron chi connectivity index (χ4n) is 1.81. The fraction of sp³-hybridized carbons (Fsp3) is 0.0625. The van der Waals surface area contributed by atoms with Crippen LogP contribution in [0, 0.1) is 6.92 Å². The Kier molecular flexibility index (Phi) is 2.95. The molecule has 0 atom stereocenters. The molecule has 0 N–H and O–H groups in total. The Morgan fingerprint density at radius 3 is 2.50 bits per heavy atom. The van der Waals surface area contributed by atoms with Crippen molar-refractivity contribution in [3.63, 3.8) is 0 Å². The summed E-state index contributed by atoms with van der Waals surface area (Å²) in [4.78, 5) is 4.58. The zero-order chi connectivity index (χ0) is 12.4. The van der Waals surface area contributed by atoms with Crippen molar-refractivity contribution in [1.29, 1.82) is 0 Å². The summed E-state index contributed by atoms with van der Waals surface area (Å²) in [6.45, 7) is 2.10. The van der Waals surface area contributed by atoms with Crippen LogP contribution >= 0.6 is 11.3 Å². The third-order valence-corrected chi connectivity index (χ3v) is 3.81. The van der Waals surface area contributed by atoms with E-state index in [1.807, 2.05) is 12.1 Å². The van der Waals surface area contributed by atoms with E-state index in [4.69, 9.17) is 0 Å². The number of aromatic nitrogens is 1. The smallest absolute Gasteiger partial charge is 0.117 e. The van der Waals surface area contributed by atoms with Gasteiger partial charge in [0.25, 0.3) is 0 Å². The van der Waals surface area contributed by atoms with E-state index >= 15 is 0 Å². The summed E-state index contributed by atoms with van der Waals surface area (Å²) in [5.41, 5.74) is 3.57. The van der Waals surface area contributed by atoms with Gasteiger partial charge in [0.05, 0.1) is 10.2 Å². The first kappa shape index (κ1) is 11.2. The third-order valence-electron chi connectivity index (χ3n) is 2.81. The van der Waals surface area contributed by atoms with Gasteiger partial charge in [0, 0.05) is 0 Å². The summed E-state index contributed by atoms with van der Waals surface area (Å²) in [6.07, 6.45) is 4.19. The van der Waals surface area contributed by atoms with Gasteiger partial charge in [0.2, 0.25) is 0 Å². The molecular formula is C16H13NS. The van der Waals surface area contributed by atoms with E-state index in [1.165, 1.54) is 15.8 Å². The van der Waals surface area contributed by atoms with E-state index in [1.54, 1.807) is 11.3 Å². The molecule has 1 heterocycles. The van der Waals surface area contributed by atoms with Crippen molar-refractivity contribution in [2.75, 3.05) is 0 Å². The topological polar surface area (TPSA) is 12.9 Å². The number of rotatable bonds is 2. The van der Waals surface area contributed by atoms with Crippen LogP contribution in [0.15, 0.2) is 48.5 Å². The fourth-order valence-corrected chi connectivity index (χ4v) is 2.68. The number of fused-ring (bicyclic) bond motifs is 1. The van der Waals surface area contributed by atoms with Crippen molar-refractivity contribution >= 4 is 33.7 Å². The Labute approximate surface area is 110 Å². The van der Waals surface area contributed by atoms with E-state index in [0.29, 0.717) is 0 Å². The largest absolute Gasteiger partial charge is 0.237 e. The second-order valence-electron chi connectivity index (χ2n) is 4.26. The summed E-state index contributed by atoms with van der Waals surface area (Å²) in [5.74, 6) is 0. The summed E-state index contributed by atoms with van der Waals surface area (Å²) < 4.78 is 1.24. The van der Waals surface area contributed by atoms with Crippen molar-refractivity contribution in [1.82, 2.24) is 4.98 Å². The highest BCUT2D eigenvalue weighted by Crippen LogP contribution is 2.23. The van der Waals surface area contributed by atoms with E-state index in [-0.39, 0.29) is 0 Å². The van der Waals surface area contributed by atoms with Gasteiger partial charge in [-0.05, 0) is 30.7 Å². The normalized spacial score (nSPS) is 11.4. The van der Waals surface area contributed by atoms with E-state index in [2.05, 4.69) is 60.5 Å². The number of para-hydroxylation sites is 1. The van der Waals surface area contributed by atoms with E-state index in [0.717, 1.165) is 10.5 Å². The van der Waals surface area contributed by atoms with Crippen molar-refractivity contribution in [3.05, 3.63) is 64.7 Å². The molecule has 1 nitrogen and oxygen atoms in total. The molecular weight excluding hydrogens is 238 g/mol. The molecule has 0 saturated heterocycles. The van der Waals surface area contributed by atoms with Gasteiger partial charge < -0.3 is 0 Å². The lowest BCUT2D eigenvalue weighted by molar-refractivity contribution is 1.46. The quantitative estimate of drug-likeness (QED) is 0.639. The second-order valence-corrected chi connectivity index (χ2v) is 5.33. The molecule has 0 radical (unpaired) electrons. The Hall–Kier alpha value is -1.93. The molecule has 0 unspecified atom stereocenters. The number of hydrogen-bond donors (Lipinski definition) is 0. The molecule has 0 aliphatic heterocycles. The average Bonchev–Trinajstić information content (AvgIpc) is 2.81. The lowest BCUT2D eigenvalue weighted by atomic mass is 10.1. The predicted molar refractivity (Wildman–Crippen MR) is 79.7 cm³/mol. The SMILES string of the molecule is Cc1ccc(C=Cc2nc3ccccc3s2)cc1. The average molecular weight is 251 g/mol. The molecule has 0 bridgehead atoms. The molecule has 2 aromatic carbocycles. The van der Waals surface area contributed by atoms with Crippen LogP contribution in [0.2, 0.25) is 0 Å². The molecule has 0 fully saturated rings. The standard InChI is InChI=1S/C16H13NS/c1-12-6-8-13(9-7-12)10-11-16-17-14-4-2-3-5-15(14)18-16/h2-11H,1H3. The molecule has 2 heteroatoms. The Balaban J connectivity index is 1.89. The highest BCUT2D eigenvalue weighted by Gasteiger charge is 1.98. The Morgan fingerprint density at radius 2 is 1.72 bits per heavy atom. The van der Waals surface area contributed by atoms with Gasteiger partial charge in [-0.25, -0.2) is 4.98 Å². The lowest BCUT2D eigenvalue weighted by Crippen LogP contribution is -1.73. The van der Waals surface area contributed by atoms with Gasteiger partial charge >= 0.3 is 0 Å². The van der Waals surface area contributed by atoms with Gasteiger partial charge in [0.15, 0.2) is 0 Å². The van der Waals surface area contributed by atoms with Crippen LogP contribution in [0.5, 0.6) is 0 Å². The first-order valence-electron chi connectivity index (χ1n) is 5.91. The first-order valence-corrected chi connectivity index (χ1v) is 6.73. The molecule has 0 saturated carbocycles. The predicted octanol–water partition coefficient (Wildman–Crippen LogP) is 4.78. The number of thiazole rings is 1. The van der Waals surface area contributed by atoms with E-state index in [9.17, 15) is 0 Å². The van der Waals surface area contributed by atoms with Crippen LogP contribution < -0.4 is 0 Å². The highest BCUT2D eigenvalue weighted by atomic mass is 32.1. The summed E-state index contributed by atoms with van der Waals surface area (Å²) in [5, 5.41) is 1.05. The molecule has 0 aliphatic rings. The van der Waals surface area contributed by atoms with Crippen LogP contribution in [-0.4, -0.2) is 4.98 Å². The lowest BCUT2D eigenvalue weighted by Gasteiger charge is -1.93. The monoisotopic (exact) mass is 251 g/mol. The minimum absolute atomic E-state index is 1.05. The molecule has 0 amide bonds. The molecule has 0 aliphatic carbocycles. The van der Waals surface area contributed by atoms with Crippen molar-refractivity contribution < 1.29 is 0 Å². The van der Waals surface area contributed by atoms with Crippen molar-refractivity contribution in [3.8, 4) is 0 Å². The maximum absolute atomic E-state index is 4.58. The van der Waals surface area contributed by atoms with Gasteiger partial charge in [-0.2, -0.15) is 0 Å². The molecule has 1 aromatic heterocycles. The molecule has 3 aromatic rings. The van der Waals surface area contributed by atoms with Crippen LogP contribution in [0.3, 0.4) is 0 Å².